The number of pyridine rings is 1. The van der Waals surface area contributed by atoms with Gasteiger partial charge in [-0.25, -0.2) is 9.78 Å². The molecule has 0 radical (unpaired) electrons. The fraction of sp³-hybridized carbons (Fsp3) is 0.294. The maximum absolute atomic E-state index is 12.5. The molecule has 2 rings (SSSR count). The zero-order chi connectivity index (χ0) is 17.7. The highest BCUT2D eigenvalue weighted by molar-refractivity contribution is 5.90. The van der Waals surface area contributed by atoms with E-state index in [1.54, 1.807) is 31.2 Å². The quantitative estimate of drug-likeness (QED) is 0.815. The molecule has 1 heterocycles. The third-order valence-corrected chi connectivity index (χ3v) is 3.38. The first kappa shape index (κ1) is 17.7. The molecule has 1 aromatic carbocycles. The van der Waals surface area contributed by atoms with Crippen molar-refractivity contribution in [1.29, 1.82) is 0 Å². The largest absolute Gasteiger partial charge is 0.465 e. The van der Waals surface area contributed by atoms with Gasteiger partial charge in [-0.15, -0.1) is 0 Å². The second-order valence-corrected chi connectivity index (χ2v) is 5.16. The van der Waals surface area contributed by atoms with Crippen molar-refractivity contribution in [2.24, 2.45) is 0 Å². The number of methoxy groups -OCH3 is 1. The number of halogens is 2. The van der Waals surface area contributed by atoms with Crippen molar-refractivity contribution in [3.05, 3.63) is 52.7 Å². The van der Waals surface area contributed by atoms with Crippen LogP contribution >= 0.6 is 0 Å². The average Bonchev–Trinajstić information content (AvgIpc) is 2.54. The molecule has 7 heteroatoms. The number of hydrogen-bond donors (Lipinski definition) is 1. The van der Waals surface area contributed by atoms with Gasteiger partial charge in [0.2, 0.25) is 0 Å². The van der Waals surface area contributed by atoms with Gasteiger partial charge < -0.3 is 14.8 Å². The fourth-order valence-corrected chi connectivity index (χ4v) is 2.23. The normalized spacial score (nSPS) is 10.6. The number of carbonyl (C=O) groups is 1. The maximum atomic E-state index is 12.5. The summed E-state index contributed by atoms with van der Waals surface area (Å²) in [5.74, 6) is 0.175. The summed E-state index contributed by atoms with van der Waals surface area (Å²) in [5, 5.41) is 3.04. The molecule has 0 unspecified atom stereocenters. The molecule has 0 amide bonds. The second-order valence-electron chi connectivity index (χ2n) is 5.16. The molecule has 0 atom stereocenters. The zero-order valence-corrected chi connectivity index (χ0v) is 13.6. The molecule has 0 bridgehead atoms. The summed E-state index contributed by atoms with van der Waals surface area (Å²) in [6, 6.07) is 8.21. The van der Waals surface area contributed by atoms with Crippen LogP contribution in [0.3, 0.4) is 0 Å². The third-order valence-electron chi connectivity index (χ3n) is 3.38. The van der Waals surface area contributed by atoms with Crippen LogP contribution in [-0.4, -0.2) is 24.7 Å². The van der Waals surface area contributed by atoms with Crippen molar-refractivity contribution >= 4 is 11.8 Å². The molecule has 5 nitrogen and oxygen atoms in total. The molecule has 128 valence electrons. The lowest BCUT2D eigenvalue weighted by Gasteiger charge is -2.13. The third kappa shape index (κ3) is 4.41. The van der Waals surface area contributed by atoms with E-state index in [4.69, 9.17) is 0 Å². The highest BCUT2D eigenvalue weighted by Gasteiger charge is 2.12. The van der Waals surface area contributed by atoms with Crippen LogP contribution in [0, 0.1) is 13.8 Å². The summed E-state index contributed by atoms with van der Waals surface area (Å²) in [4.78, 5) is 15.8. The first-order chi connectivity index (χ1) is 11.4. The fourth-order valence-electron chi connectivity index (χ4n) is 2.23. The highest BCUT2D eigenvalue weighted by Crippen LogP contribution is 2.23. The Kier molecular flexibility index (Phi) is 5.68. The van der Waals surface area contributed by atoms with Crippen molar-refractivity contribution in [2.75, 3.05) is 12.4 Å². The van der Waals surface area contributed by atoms with Gasteiger partial charge in [0.15, 0.2) is 0 Å². The zero-order valence-electron chi connectivity index (χ0n) is 13.6. The van der Waals surface area contributed by atoms with Crippen molar-refractivity contribution in [1.82, 2.24) is 4.98 Å². The Bertz CT molecular complexity index is 736. The summed E-state index contributed by atoms with van der Waals surface area (Å²) < 4.78 is 34.1. The SMILES string of the molecule is COC(=O)c1ccc(NCc2cc(C)ccc2OC(F)F)nc1C. The molecule has 0 aliphatic carbocycles. The Morgan fingerprint density at radius 2 is 2.00 bits per heavy atom. The minimum atomic E-state index is -2.88. The minimum absolute atomic E-state index is 0.117. The maximum Gasteiger partial charge on any atom is 0.387 e. The molecule has 0 fully saturated rings. The number of aromatic nitrogens is 1. The van der Waals surface area contributed by atoms with Crippen LogP contribution in [0.2, 0.25) is 0 Å². The Hall–Kier alpha value is -2.70. The number of anilines is 1. The van der Waals surface area contributed by atoms with Crippen LogP contribution in [-0.2, 0) is 11.3 Å². The summed E-state index contributed by atoms with van der Waals surface area (Å²) in [7, 11) is 1.30. The summed E-state index contributed by atoms with van der Waals surface area (Å²) >= 11 is 0. The number of benzene rings is 1. The van der Waals surface area contributed by atoms with Crippen LogP contribution in [0.25, 0.3) is 0 Å². The number of nitrogens with one attached hydrogen (secondary N) is 1. The van der Waals surface area contributed by atoms with Crippen LogP contribution in [0.1, 0.15) is 27.2 Å². The lowest BCUT2D eigenvalue weighted by molar-refractivity contribution is -0.0504. The Morgan fingerprint density at radius 3 is 2.62 bits per heavy atom. The summed E-state index contributed by atoms with van der Waals surface area (Å²) in [5.41, 5.74) is 2.41. The Balaban J connectivity index is 2.15. The molecule has 2 aromatic rings. The minimum Gasteiger partial charge on any atom is -0.465 e. The van der Waals surface area contributed by atoms with E-state index >= 15 is 0 Å². The predicted molar refractivity (Wildman–Crippen MR) is 85.5 cm³/mol. The average molecular weight is 336 g/mol. The molecule has 0 spiro atoms. The van der Waals surface area contributed by atoms with E-state index in [2.05, 4.69) is 19.8 Å². The van der Waals surface area contributed by atoms with Crippen LogP contribution in [0.4, 0.5) is 14.6 Å². The molecule has 0 aliphatic heterocycles. The monoisotopic (exact) mass is 336 g/mol. The molecule has 0 saturated heterocycles. The van der Waals surface area contributed by atoms with Gasteiger partial charge in [0, 0.05) is 12.1 Å². The van der Waals surface area contributed by atoms with Gasteiger partial charge in [-0.3, -0.25) is 0 Å². The molecule has 0 aliphatic rings. The lowest BCUT2D eigenvalue weighted by atomic mass is 10.1. The first-order valence-electron chi connectivity index (χ1n) is 7.25. The number of carbonyl (C=O) groups excluding carboxylic acids is 1. The number of nitrogens with zero attached hydrogens (tertiary/aromatic N) is 1. The number of ether oxygens (including phenoxy) is 2. The topological polar surface area (TPSA) is 60.5 Å². The number of rotatable bonds is 6. The number of alkyl halides is 2. The first-order valence-corrected chi connectivity index (χ1v) is 7.25. The molecular weight excluding hydrogens is 318 g/mol. The smallest absolute Gasteiger partial charge is 0.387 e. The number of esters is 1. The molecule has 1 N–H and O–H groups in total. The highest BCUT2D eigenvalue weighted by atomic mass is 19.3. The van der Waals surface area contributed by atoms with E-state index in [1.807, 2.05) is 6.92 Å². The predicted octanol–water partition coefficient (Wildman–Crippen LogP) is 3.70. The molecule has 24 heavy (non-hydrogen) atoms. The van der Waals surface area contributed by atoms with Crippen molar-refractivity contribution in [3.8, 4) is 5.75 Å². The van der Waals surface area contributed by atoms with Crippen LogP contribution in [0.5, 0.6) is 5.75 Å². The number of hydrogen-bond acceptors (Lipinski definition) is 5. The second kappa shape index (κ2) is 7.72. The van der Waals surface area contributed by atoms with Crippen LogP contribution in [0.15, 0.2) is 30.3 Å². The van der Waals surface area contributed by atoms with Crippen molar-refractivity contribution in [3.63, 3.8) is 0 Å². The van der Waals surface area contributed by atoms with E-state index in [1.165, 1.54) is 13.2 Å². The van der Waals surface area contributed by atoms with Crippen LogP contribution < -0.4 is 10.1 Å². The van der Waals surface area contributed by atoms with Gasteiger partial charge in [-0.1, -0.05) is 17.7 Å². The van der Waals surface area contributed by atoms with E-state index in [0.717, 1.165) is 5.56 Å². The van der Waals surface area contributed by atoms with E-state index in [0.29, 0.717) is 22.6 Å². The summed E-state index contributed by atoms with van der Waals surface area (Å²) in [6.45, 7) is 0.929. The molecule has 0 saturated carbocycles. The Morgan fingerprint density at radius 1 is 1.25 bits per heavy atom. The van der Waals surface area contributed by atoms with E-state index in [-0.39, 0.29) is 12.3 Å². The van der Waals surface area contributed by atoms with Gasteiger partial charge in [-0.2, -0.15) is 8.78 Å². The molecule has 1 aromatic heterocycles. The van der Waals surface area contributed by atoms with E-state index < -0.39 is 12.6 Å². The van der Waals surface area contributed by atoms with Gasteiger partial charge in [0.25, 0.3) is 0 Å². The van der Waals surface area contributed by atoms with Gasteiger partial charge in [0.1, 0.15) is 11.6 Å². The number of aryl methyl sites for hydroxylation is 2. The van der Waals surface area contributed by atoms with Crippen molar-refractivity contribution in [2.45, 2.75) is 27.0 Å². The van der Waals surface area contributed by atoms with Gasteiger partial charge >= 0.3 is 12.6 Å². The Labute approximate surface area is 138 Å². The van der Waals surface area contributed by atoms with Gasteiger partial charge in [0.05, 0.1) is 18.4 Å². The van der Waals surface area contributed by atoms with E-state index in [9.17, 15) is 13.6 Å². The molecular formula is C17H18F2N2O3. The summed E-state index contributed by atoms with van der Waals surface area (Å²) in [6.07, 6.45) is 0. The van der Waals surface area contributed by atoms with Gasteiger partial charge in [-0.05, 0) is 32.0 Å². The lowest BCUT2D eigenvalue weighted by Crippen LogP contribution is -2.10. The standard InChI is InChI=1S/C17H18F2N2O3/c1-10-4-6-14(24-17(18)19)12(8-10)9-20-15-7-5-13(11(2)21-15)16(22)23-3/h4-8,17H,9H2,1-3H3,(H,20,21). The van der Waals surface area contributed by atoms with Crippen molar-refractivity contribution < 1.29 is 23.0 Å².